The second-order valence-electron chi connectivity index (χ2n) is 3.94. The van der Waals surface area contributed by atoms with Gasteiger partial charge in [-0.3, -0.25) is 0 Å². The first kappa shape index (κ1) is 12.9. The van der Waals surface area contributed by atoms with Gasteiger partial charge in [0.15, 0.2) is 11.5 Å². The van der Waals surface area contributed by atoms with Gasteiger partial charge in [0.2, 0.25) is 0 Å². The molecule has 1 rings (SSSR count). The maximum Gasteiger partial charge on any atom is 0.160 e. The maximum atomic E-state index is 9.45. The Morgan fingerprint density at radius 1 is 1.00 bits per heavy atom. The molecular formula is C14H21O2. The lowest BCUT2D eigenvalue weighted by atomic mass is 10.1. The van der Waals surface area contributed by atoms with Crippen molar-refractivity contribution in [3.05, 3.63) is 31.2 Å². The third-order valence-electron chi connectivity index (χ3n) is 2.52. The average Bonchev–Trinajstić information content (AvgIpc) is 2.30. The highest BCUT2D eigenvalue weighted by atomic mass is 16.5. The smallest absolute Gasteiger partial charge is 0.160 e. The maximum absolute atomic E-state index is 9.45. The Balaban J connectivity index is 2.05. The zero-order valence-electron chi connectivity index (χ0n) is 9.82. The lowest BCUT2D eigenvalue weighted by Gasteiger charge is -2.07. The first-order chi connectivity index (χ1) is 7.84. The van der Waals surface area contributed by atoms with E-state index in [1.165, 1.54) is 25.7 Å². The number of ether oxygens (including phenoxy) is 1. The van der Waals surface area contributed by atoms with E-state index in [9.17, 15) is 5.11 Å². The summed E-state index contributed by atoms with van der Waals surface area (Å²) in [5, 5.41) is 9.45. The third kappa shape index (κ3) is 5.06. The van der Waals surface area contributed by atoms with Crippen LogP contribution < -0.4 is 4.74 Å². The zero-order valence-corrected chi connectivity index (χ0v) is 9.82. The molecule has 0 atom stereocenters. The fraction of sp³-hybridized carbons (Fsp3) is 0.500. The van der Waals surface area contributed by atoms with Gasteiger partial charge >= 0.3 is 0 Å². The summed E-state index contributed by atoms with van der Waals surface area (Å²) in [6.45, 7) is 4.50. The Bertz CT molecular complexity index is 284. The normalized spacial score (nSPS) is 10.3. The van der Waals surface area contributed by atoms with Crippen molar-refractivity contribution < 1.29 is 9.84 Å². The van der Waals surface area contributed by atoms with E-state index in [0.717, 1.165) is 12.8 Å². The molecule has 0 saturated heterocycles. The molecule has 1 radical (unpaired) electrons. The molecule has 2 heteroatoms. The van der Waals surface area contributed by atoms with Gasteiger partial charge in [-0.25, -0.2) is 0 Å². The van der Waals surface area contributed by atoms with Crippen LogP contribution in [0, 0.1) is 6.92 Å². The average molecular weight is 221 g/mol. The van der Waals surface area contributed by atoms with Crippen LogP contribution in [0.15, 0.2) is 24.3 Å². The van der Waals surface area contributed by atoms with Crippen LogP contribution >= 0.6 is 0 Å². The van der Waals surface area contributed by atoms with E-state index in [-0.39, 0.29) is 5.75 Å². The summed E-state index contributed by atoms with van der Waals surface area (Å²) in [5.74, 6) is 0.805. The molecule has 0 heterocycles. The summed E-state index contributed by atoms with van der Waals surface area (Å²) in [4.78, 5) is 0. The Morgan fingerprint density at radius 2 is 1.69 bits per heavy atom. The molecule has 0 saturated carbocycles. The van der Waals surface area contributed by atoms with Crippen molar-refractivity contribution in [2.75, 3.05) is 6.61 Å². The van der Waals surface area contributed by atoms with Crippen LogP contribution in [-0.2, 0) is 0 Å². The molecule has 2 nitrogen and oxygen atoms in total. The first-order valence-electron chi connectivity index (χ1n) is 6.04. The largest absolute Gasteiger partial charge is 0.504 e. The van der Waals surface area contributed by atoms with E-state index in [0.29, 0.717) is 12.4 Å². The van der Waals surface area contributed by atoms with Crippen LogP contribution in [0.25, 0.3) is 0 Å². The number of para-hydroxylation sites is 2. The van der Waals surface area contributed by atoms with Gasteiger partial charge in [-0.2, -0.15) is 0 Å². The Kier molecular flexibility index (Phi) is 6.47. The highest BCUT2D eigenvalue weighted by molar-refractivity contribution is 5.37. The monoisotopic (exact) mass is 221 g/mol. The molecule has 0 aliphatic heterocycles. The summed E-state index contributed by atoms with van der Waals surface area (Å²) in [6.07, 6.45) is 7.01. The number of rotatable bonds is 8. The molecule has 1 aromatic rings. The standard InChI is InChI=1S/C14H21O2/c1-2-3-4-5-6-9-12-16-14-11-8-7-10-13(14)15/h7-8,10-11,15H,1-6,9,12H2. The lowest BCUT2D eigenvalue weighted by molar-refractivity contribution is 0.289. The molecule has 0 unspecified atom stereocenters. The SMILES string of the molecule is [CH2]CCCCCCCOc1ccccc1O. The van der Waals surface area contributed by atoms with E-state index in [2.05, 4.69) is 6.92 Å². The second-order valence-corrected chi connectivity index (χ2v) is 3.94. The number of hydrogen-bond acceptors (Lipinski definition) is 2. The molecule has 0 aliphatic rings. The Morgan fingerprint density at radius 3 is 2.44 bits per heavy atom. The minimum atomic E-state index is 0.222. The van der Waals surface area contributed by atoms with Crippen molar-refractivity contribution in [3.63, 3.8) is 0 Å². The summed E-state index contributed by atoms with van der Waals surface area (Å²) < 4.78 is 5.48. The van der Waals surface area contributed by atoms with E-state index in [1.54, 1.807) is 18.2 Å². The number of hydrogen-bond donors (Lipinski definition) is 1. The topological polar surface area (TPSA) is 29.5 Å². The molecule has 1 aromatic carbocycles. The second kappa shape index (κ2) is 8.03. The first-order valence-corrected chi connectivity index (χ1v) is 6.04. The summed E-state index contributed by atoms with van der Waals surface area (Å²) in [7, 11) is 0. The summed E-state index contributed by atoms with van der Waals surface area (Å²) in [6, 6.07) is 7.09. The van der Waals surface area contributed by atoms with Gasteiger partial charge in [0.05, 0.1) is 6.61 Å². The number of phenols is 1. The number of unbranched alkanes of at least 4 members (excludes halogenated alkanes) is 5. The molecule has 1 N–H and O–H groups in total. The van der Waals surface area contributed by atoms with Crippen LogP contribution in [0.3, 0.4) is 0 Å². The Labute approximate surface area is 98.3 Å². The van der Waals surface area contributed by atoms with Gasteiger partial charge < -0.3 is 9.84 Å². The van der Waals surface area contributed by atoms with Gasteiger partial charge in [0.25, 0.3) is 0 Å². The van der Waals surface area contributed by atoms with E-state index in [4.69, 9.17) is 4.74 Å². The number of phenolic OH excluding ortho intramolecular Hbond substituents is 1. The molecule has 16 heavy (non-hydrogen) atoms. The molecule has 0 amide bonds. The van der Waals surface area contributed by atoms with Crippen LogP contribution in [0.1, 0.15) is 38.5 Å². The molecule has 0 bridgehead atoms. The van der Waals surface area contributed by atoms with Crippen molar-refractivity contribution in [1.29, 1.82) is 0 Å². The van der Waals surface area contributed by atoms with Crippen molar-refractivity contribution >= 4 is 0 Å². The molecule has 89 valence electrons. The highest BCUT2D eigenvalue weighted by Crippen LogP contribution is 2.24. The van der Waals surface area contributed by atoms with Gasteiger partial charge in [-0.1, -0.05) is 51.2 Å². The predicted octanol–water partition coefficient (Wildman–Crippen LogP) is 3.95. The van der Waals surface area contributed by atoms with E-state index < -0.39 is 0 Å². The van der Waals surface area contributed by atoms with Crippen LogP contribution in [0.2, 0.25) is 0 Å². The van der Waals surface area contributed by atoms with Crippen molar-refractivity contribution in [2.45, 2.75) is 38.5 Å². The zero-order chi connectivity index (χ0) is 11.6. The van der Waals surface area contributed by atoms with E-state index in [1.807, 2.05) is 6.07 Å². The summed E-state index contributed by atoms with van der Waals surface area (Å²) in [5.41, 5.74) is 0. The minimum absolute atomic E-state index is 0.222. The molecule has 0 fully saturated rings. The lowest BCUT2D eigenvalue weighted by Crippen LogP contribution is -1.97. The van der Waals surface area contributed by atoms with Crippen LogP contribution in [0.4, 0.5) is 0 Å². The fourth-order valence-electron chi connectivity index (χ4n) is 1.57. The van der Waals surface area contributed by atoms with Gasteiger partial charge in [0, 0.05) is 0 Å². The van der Waals surface area contributed by atoms with E-state index >= 15 is 0 Å². The van der Waals surface area contributed by atoms with Crippen molar-refractivity contribution in [3.8, 4) is 11.5 Å². The van der Waals surface area contributed by atoms with Crippen LogP contribution in [-0.4, -0.2) is 11.7 Å². The number of aromatic hydroxyl groups is 1. The summed E-state index contributed by atoms with van der Waals surface area (Å²) >= 11 is 0. The molecule has 0 aromatic heterocycles. The predicted molar refractivity (Wildman–Crippen MR) is 66.7 cm³/mol. The quantitative estimate of drug-likeness (QED) is 0.674. The fourth-order valence-corrected chi connectivity index (χ4v) is 1.57. The van der Waals surface area contributed by atoms with Crippen molar-refractivity contribution in [2.24, 2.45) is 0 Å². The Hall–Kier alpha value is -1.18. The molecule has 0 spiro atoms. The van der Waals surface area contributed by atoms with Gasteiger partial charge in [-0.05, 0) is 18.6 Å². The van der Waals surface area contributed by atoms with Gasteiger partial charge in [-0.15, -0.1) is 0 Å². The van der Waals surface area contributed by atoms with Gasteiger partial charge in [0.1, 0.15) is 0 Å². The van der Waals surface area contributed by atoms with Crippen LogP contribution in [0.5, 0.6) is 11.5 Å². The highest BCUT2D eigenvalue weighted by Gasteiger charge is 1.99. The number of benzene rings is 1. The molecular weight excluding hydrogens is 200 g/mol. The third-order valence-corrected chi connectivity index (χ3v) is 2.52. The minimum Gasteiger partial charge on any atom is -0.504 e. The van der Waals surface area contributed by atoms with Crippen molar-refractivity contribution in [1.82, 2.24) is 0 Å². The molecule has 0 aliphatic carbocycles.